The van der Waals surface area contributed by atoms with Gasteiger partial charge in [0.1, 0.15) is 5.75 Å². The first-order chi connectivity index (χ1) is 9.58. The fourth-order valence-corrected chi connectivity index (χ4v) is 3.31. The number of rotatable bonds is 3. The van der Waals surface area contributed by atoms with Gasteiger partial charge in [0.05, 0.1) is 17.5 Å². The summed E-state index contributed by atoms with van der Waals surface area (Å²) in [4.78, 5) is 23.7. The molecule has 104 valence electrons. The van der Waals surface area contributed by atoms with Crippen LogP contribution in [0.3, 0.4) is 0 Å². The summed E-state index contributed by atoms with van der Waals surface area (Å²) in [6.07, 6.45) is 4.54. The number of amides is 1. The highest BCUT2D eigenvalue weighted by Gasteiger charge is 2.51. The Morgan fingerprint density at radius 2 is 1.75 bits per heavy atom. The van der Waals surface area contributed by atoms with E-state index in [4.69, 9.17) is 0 Å². The molecule has 0 spiro atoms. The third-order valence-electron chi connectivity index (χ3n) is 4.21. The second-order valence-electron chi connectivity index (χ2n) is 5.34. The Morgan fingerprint density at radius 3 is 2.40 bits per heavy atom. The molecule has 3 N–H and O–H groups in total. The fourth-order valence-electron chi connectivity index (χ4n) is 3.31. The van der Waals surface area contributed by atoms with Crippen LogP contribution in [0, 0.1) is 23.7 Å². The normalized spacial score (nSPS) is 30.4. The molecule has 5 heteroatoms. The van der Waals surface area contributed by atoms with Gasteiger partial charge in [-0.15, -0.1) is 0 Å². The summed E-state index contributed by atoms with van der Waals surface area (Å²) in [5.41, 5.74) is 0.313. The number of hydrogen-bond donors (Lipinski definition) is 3. The molecule has 1 amide bonds. The minimum absolute atomic E-state index is 0.0213. The lowest BCUT2D eigenvalue weighted by molar-refractivity contribution is -0.146. The van der Waals surface area contributed by atoms with Gasteiger partial charge in [-0.05, 0) is 30.4 Å². The molecule has 0 heterocycles. The minimum Gasteiger partial charge on any atom is -0.506 e. The van der Waals surface area contributed by atoms with Gasteiger partial charge in [-0.2, -0.15) is 0 Å². The van der Waals surface area contributed by atoms with Gasteiger partial charge in [0, 0.05) is 0 Å². The first-order valence-corrected chi connectivity index (χ1v) is 6.58. The third-order valence-corrected chi connectivity index (χ3v) is 4.21. The molecule has 20 heavy (non-hydrogen) atoms. The Morgan fingerprint density at radius 1 is 1.10 bits per heavy atom. The Bertz CT molecular complexity index is 595. The Balaban J connectivity index is 1.82. The smallest absolute Gasteiger partial charge is 0.307 e. The van der Waals surface area contributed by atoms with Crippen molar-refractivity contribution in [3.8, 4) is 5.75 Å². The predicted octanol–water partition coefficient (Wildman–Crippen LogP) is 1.85. The summed E-state index contributed by atoms with van der Waals surface area (Å²) in [6, 6.07) is 6.42. The van der Waals surface area contributed by atoms with Crippen LogP contribution in [-0.2, 0) is 9.59 Å². The first kappa shape index (κ1) is 12.7. The van der Waals surface area contributed by atoms with E-state index in [9.17, 15) is 19.8 Å². The highest BCUT2D eigenvalue weighted by atomic mass is 16.4. The minimum atomic E-state index is -0.931. The van der Waals surface area contributed by atoms with E-state index in [1.165, 1.54) is 6.07 Å². The topological polar surface area (TPSA) is 86.6 Å². The van der Waals surface area contributed by atoms with Crippen molar-refractivity contribution in [2.75, 3.05) is 5.32 Å². The van der Waals surface area contributed by atoms with Crippen molar-refractivity contribution in [3.05, 3.63) is 36.4 Å². The summed E-state index contributed by atoms with van der Waals surface area (Å²) in [7, 11) is 0. The van der Waals surface area contributed by atoms with Crippen LogP contribution in [0.25, 0.3) is 0 Å². The molecule has 2 aliphatic rings. The molecule has 0 aliphatic heterocycles. The number of para-hydroxylation sites is 2. The van der Waals surface area contributed by atoms with E-state index >= 15 is 0 Å². The van der Waals surface area contributed by atoms with Gasteiger partial charge in [-0.3, -0.25) is 9.59 Å². The number of carbonyl (C=O) groups excluding carboxylic acids is 1. The molecule has 1 fully saturated rings. The summed E-state index contributed by atoms with van der Waals surface area (Å²) in [5, 5.41) is 21.6. The van der Waals surface area contributed by atoms with Crippen LogP contribution in [0.5, 0.6) is 5.75 Å². The lowest BCUT2D eigenvalue weighted by atomic mass is 9.82. The van der Waals surface area contributed by atoms with Crippen molar-refractivity contribution in [1.29, 1.82) is 0 Å². The SMILES string of the molecule is O=C(O)[C@@H]1[C@H](C(=O)Nc2ccccc2O)[C@@H]2C=C[C@@H]1C2. The van der Waals surface area contributed by atoms with Crippen molar-refractivity contribution >= 4 is 17.6 Å². The number of aliphatic carboxylic acids is 1. The van der Waals surface area contributed by atoms with E-state index in [0.29, 0.717) is 5.69 Å². The summed E-state index contributed by atoms with van der Waals surface area (Å²) in [5.74, 6) is -2.61. The summed E-state index contributed by atoms with van der Waals surface area (Å²) in [6.45, 7) is 0. The number of hydrogen-bond acceptors (Lipinski definition) is 3. The monoisotopic (exact) mass is 273 g/mol. The molecule has 0 unspecified atom stereocenters. The van der Waals surface area contributed by atoms with Crippen molar-refractivity contribution in [2.24, 2.45) is 23.7 Å². The number of carbonyl (C=O) groups is 2. The highest BCUT2D eigenvalue weighted by molar-refractivity contribution is 5.97. The number of benzene rings is 1. The molecule has 0 radical (unpaired) electrons. The quantitative estimate of drug-likeness (QED) is 0.579. The molecular weight excluding hydrogens is 258 g/mol. The molecule has 2 aliphatic carbocycles. The van der Waals surface area contributed by atoms with E-state index in [0.717, 1.165) is 6.42 Å². The average molecular weight is 273 g/mol. The number of phenols is 1. The van der Waals surface area contributed by atoms with Crippen LogP contribution in [0.4, 0.5) is 5.69 Å². The zero-order valence-electron chi connectivity index (χ0n) is 10.7. The Kier molecular flexibility index (Phi) is 2.97. The largest absolute Gasteiger partial charge is 0.506 e. The number of fused-ring (bicyclic) bond motifs is 2. The summed E-state index contributed by atoms with van der Waals surface area (Å²) >= 11 is 0. The molecule has 1 saturated carbocycles. The second kappa shape index (κ2) is 4.67. The number of phenolic OH excluding ortho intramolecular Hbond substituents is 1. The first-order valence-electron chi connectivity index (χ1n) is 6.58. The lowest BCUT2D eigenvalue weighted by Crippen LogP contribution is -2.36. The standard InChI is InChI=1S/C15H15NO4/c17-11-4-2-1-3-10(11)16-14(18)12-8-5-6-9(7-8)13(12)15(19)20/h1-6,8-9,12-13,17H,7H2,(H,16,18)(H,19,20)/t8-,9-,12-,13+/m1/s1. The maximum absolute atomic E-state index is 12.4. The van der Waals surface area contributed by atoms with Crippen molar-refractivity contribution in [2.45, 2.75) is 6.42 Å². The van der Waals surface area contributed by atoms with E-state index in [2.05, 4.69) is 5.32 Å². The van der Waals surface area contributed by atoms with Crippen LogP contribution in [0.15, 0.2) is 36.4 Å². The number of nitrogens with one attached hydrogen (secondary N) is 1. The van der Waals surface area contributed by atoms with Gasteiger partial charge in [-0.25, -0.2) is 0 Å². The van der Waals surface area contributed by atoms with E-state index in [-0.39, 0.29) is 23.5 Å². The molecule has 2 bridgehead atoms. The molecule has 0 aromatic heterocycles. The van der Waals surface area contributed by atoms with Gasteiger partial charge in [-0.1, -0.05) is 24.3 Å². The van der Waals surface area contributed by atoms with Crippen molar-refractivity contribution in [1.82, 2.24) is 0 Å². The van der Waals surface area contributed by atoms with Crippen LogP contribution >= 0.6 is 0 Å². The number of carboxylic acids is 1. The molecule has 0 saturated heterocycles. The van der Waals surface area contributed by atoms with Gasteiger partial charge >= 0.3 is 5.97 Å². The van der Waals surface area contributed by atoms with E-state index < -0.39 is 17.8 Å². The van der Waals surface area contributed by atoms with E-state index in [1.807, 2.05) is 12.2 Å². The zero-order chi connectivity index (χ0) is 14.3. The molecular formula is C15H15NO4. The van der Waals surface area contributed by atoms with E-state index in [1.54, 1.807) is 18.2 Å². The van der Waals surface area contributed by atoms with Crippen LogP contribution in [0.1, 0.15) is 6.42 Å². The fraction of sp³-hybridized carbons (Fsp3) is 0.333. The maximum Gasteiger partial charge on any atom is 0.307 e. The maximum atomic E-state index is 12.4. The Hall–Kier alpha value is -2.30. The van der Waals surface area contributed by atoms with Crippen LogP contribution in [-0.4, -0.2) is 22.1 Å². The van der Waals surface area contributed by atoms with Gasteiger partial charge in [0.25, 0.3) is 0 Å². The van der Waals surface area contributed by atoms with Crippen LogP contribution in [0.2, 0.25) is 0 Å². The number of allylic oxidation sites excluding steroid dienone is 2. The lowest BCUT2D eigenvalue weighted by Gasteiger charge is -2.24. The molecule has 1 aromatic rings. The molecule has 3 rings (SSSR count). The van der Waals surface area contributed by atoms with Gasteiger partial charge in [0.2, 0.25) is 5.91 Å². The number of anilines is 1. The molecule has 4 atom stereocenters. The average Bonchev–Trinajstić information content (AvgIpc) is 3.01. The zero-order valence-corrected chi connectivity index (χ0v) is 10.7. The number of carboxylic acid groups (broad SMARTS) is 1. The molecule has 1 aromatic carbocycles. The number of aromatic hydroxyl groups is 1. The van der Waals surface area contributed by atoms with Gasteiger partial charge < -0.3 is 15.5 Å². The van der Waals surface area contributed by atoms with Crippen molar-refractivity contribution in [3.63, 3.8) is 0 Å². The predicted molar refractivity (Wildman–Crippen MR) is 72.1 cm³/mol. The van der Waals surface area contributed by atoms with Crippen molar-refractivity contribution < 1.29 is 19.8 Å². The highest BCUT2D eigenvalue weighted by Crippen LogP contribution is 2.48. The van der Waals surface area contributed by atoms with Crippen LogP contribution < -0.4 is 5.32 Å². The third kappa shape index (κ3) is 1.95. The summed E-state index contributed by atoms with van der Waals surface area (Å²) < 4.78 is 0. The Labute approximate surface area is 115 Å². The van der Waals surface area contributed by atoms with Gasteiger partial charge in [0.15, 0.2) is 0 Å². The molecule has 5 nitrogen and oxygen atoms in total. The second-order valence-corrected chi connectivity index (χ2v) is 5.34.